The maximum Gasteiger partial charge on any atom is 0.271 e. The molecule has 43 heavy (non-hydrogen) atoms. The van der Waals surface area contributed by atoms with Crippen LogP contribution in [0.25, 0.3) is 6.08 Å². The van der Waals surface area contributed by atoms with Gasteiger partial charge in [-0.25, -0.2) is 4.99 Å². The van der Waals surface area contributed by atoms with Crippen LogP contribution in [0, 0.1) is 0 Å². The van der Waals surface area contributed by atoms with Gasteiger partial charge in [0.2, 0.25) is 0 Å². The van der Waals surface area contributed by atoms with Crippen LogP contribution in [0.5, 0.6) is 11.5 Å². The molecule has 2 aromatic heterocycles. The molecule has 1 unspecified atom stereocenters. The highest BCUT2D eigenvalue weighted by molar-refractivity contribution is 7.10. The number of nitrogens with zero attached hydrogens (tertiary/aromatic N) is 2. The summed E-state index contributed by atoms with van der Waals surface area (Å²) in [5.74, 6) is 0.833. The predicted octanol–water partition coefficient (Wildman–Crippen LogP) is 6.18. The molecule has 3 aromatic carbocycles. The number of hydrogen-bond acceptors (Lipinski definition) is 7. The fourth-order valence-electron chi connectivity index (χ4n) is 4.83. The number of carbonyl (C=O) groups is 1. The highest BCUT2D eigenvalue weighted by Gasteiger charge is 2.33. The van der Waals surface area contributed by atoms with E-state index < -0.39 is 6.04 Å². The van der Waals surface area contributed by atoms with Gasteiger partial charge in [-0.3, -0.25) is 14.2 Å². The molecule has 1 aliphatic rings. The summed E-state index contributed by atoms with van der Waals surface area (Å²) >= 11 is 8.77. The number of methoxy groups -OCH3 is 1. The molecular weight excluding hydrogens is 602 g/mol. The normalized spacial score (nSPS) is 14.7. The minimum Gasteiger partial charge on any atom is -0.493 e. The van der Waals surface area contributed by atoms with E-state index in [1.165, 1.54) is 22.7 Å². The Morgan fingerprint density at radius 2 is 1.84 bits per heavy atom. The van der Waals surface area contributed by atoms with Gasteiger partial charge in [0.1, 0.15) is 12.6 Å². The van der Waals surface area contributed by atoms with Crippen molar-refractivity contribution in [3.8, 4) is 11.5 Å². The number of ether oxygens (including phenoxy) is 2. The minimum atomic E-state index is -0.597. The lowest BCUT2D eigenvalue weighted by atomic mass is 10.0. The maximum atomic E-state index is 13.9. The molecule has 10 heteroatoms. The first-order chi connectivity index (χ1) is 20.9. The lowest BCUT2D eigenvalue weighted by Gasteiger charge is -2.24. The summed E-state index contributed by atoms with van der Waals surface area (Å²) < 4.78 is 13.7. The molecule has 7 nitrogen and oxygen atoms in total. The van der Waals surface area contributed by atoms with Gasteiger partial charge in [0.25, 0.3) is 11.5 Å². The number of nitrogens with one attached hydrogen (secondary N) is 1. The van der Waals surface area contributed by atoms with Crippen molar-refractivity contribution in [2.24, 2.45) is 4.99 Å². The number of thiazole rings is 1. The summed E-state index contributed by atoms with van der Waals surface area (Å²) in [5.41, 5.74) is 3.21. The number of fused-ring (bicyclic) bond motifs is 1. The molecule has 1 amide bonds. The second-order valence-electron chi connectivity index (χ2n) is 9.74. The second-order valence-corrected chi connectivity index (χ2v) is 12.2. The zero-order valence-electron chi connectivity index (χ0n) is 23.2. The molecule has 0 saturated carbocycles. The number of benzene rings is 3. The fraction of sp³-hybridized carbons (Fsp3) is 0.121. The van der Waals surface area contributed by atoms with Gasteiger partial charge in [-0.1, -0.05) is 65.4 Å². The Labute approximate surface area is 260 Å². The van der Waals surface area contributed by atoms with Crippen LogP contribution in [0.2, 0.25) is 5.02 Å². The zero-order valence-corrected chi connectivity index (χ0v) is 25.6. The van der Waals surface area contributed by atoms with Gasteiger partial charge in [0, 0.05) is 15.6 Å². The Kier molecular flexibility index (Phi) is 8.29. The predicted molar refractivity (Wildman–Crippen MR) is 172 cm³/mol. The summed E-state index contributed by atoms with van der Waals surface area (Å²) in [6, 6.07) is 25.5. The van der Waals surface area contributed by atoms with Crippen molar-refractivity contribution in [3.63, 3.8) is 0 Å². The molecule has 5 aromatic rings. The molecule has 0 fully saturated rings. The van der Waals surface area contributed by atoms with Crippen molar-refractivity contribution < 1.29 is 14.3 Å². The first-order valence-corrected chi connectivity index (χ1v) is 15.5. The SMILES string of the molecule is COc1cc(/C=c2\sc3n(c2=O)C(c2cccs2)C(C(=O)Nc2ccccc2)=C(C)N=3)ccc1OCc1ccc(Cl)cc1. The third-order valence-corrected chi connectivity index (χ3v) is 9.06. The van der Waals surface area contributed by atoms with E-state index in [-0.39, 0.29) is 11.5 Å². The van der Waals surface area contributed by atoms with E-state index in [4.69, 9.17) is 26.1 Å². The summed E-state index contributed by atoms with van der Waals surface area (Å²) in [6.45, 7) is 2.17. The first kappa shape index (κ1) is 28.7. The van der Waals surface area contributed by atoms with Crippen molar-refractivity contribution in [1.29, 1.82) is 0 Å². The standard InChI is InChI=1S/C33H26ClN3O4S2/c1-20-29(31(38)36-24-7-4-3-5-8-24)30(27-9-6-16-42-27)37-32(39)28(43-33(37)35-20)18-22-12-15-25(26(17-22)40-2)41-19-21-10-13-23(34)14-11-21/h3-18,30H,19H2,1-2H3,(H,36,38)/b28-18-. The number of halogens is 1. The molecule has 0 aliphatic carbocycles. The monoisotopic (exact) mass is 627 g/mol. The van der Waals surface area contributed by atoms with Crippen molar-refractivity contribution in [3.05, 3.63) is 142 Å². The van der Waals surface area contributed by atoms with Crippen LogP contribution in [0.3, 0.4) is 0 Å². The van der Waals surface area contributed by atoms with E-state index >= 15 is 0 Å². The fourth-order valence-corrected chi connectivity index (χ4v) is 6.83. The first-order valence-electron chi connectivity index (χ1n) is 13.4. The van der Waals surface area contributed by atoms with Crippen molar-refractivity contribution in [2.75, 3.05) is 12.4 Å². The molecule has 216 valence electrons. The lowest BCUT2D eigenvalue weighted by molar-refractivity contribution is -0.113. The smallest absolute Gasteiger partial charge is 0.271 e. The van der Waals surface area contributed by atoms with Gasteiger partial charge in [0.05, 0.1) is 22.9 Å². The third kappa shape index (κ3) is 6.06. The summed E-state index contributed by atoms with van der Waals surface area (Å²) in [7, 11) is 1.58. The number of anilines is 1. The minimum absolute atomic E-state index is 0.221. The summed E-state index contributed by atoms with van der Waals surface area (Å²) in [5, 5.41) is 5.58. The van der Waals surface area contributed by atoms with Gasteiger partial charge in [-0.2, -0.15) is 0 Å². The van der Waals surface area contributed by atoms with Crippen LogP contribution in [-0.4, -0.2) is 17.6 Å². The summed E-state index contributed by atoms with van der Waals surface area (Å²) in [4.78, 5) is 33.6. The molecule has 1 N–H and O–H groups in total. The third-order valence-electron chi connectivity index (χ3n) is 6.90. The van der Waals surface area contributed by atoms with Crippen LogP contribution >= 0.6 is 34.3 Å². The number of rotatable bonds is 8. The molecule has 0 radical (unpaired) electrons. The van der Waals surface area contributed by atoms with Crippen LogP contribution in [-0.2, 0) is 11.4 Å². The van der Waals surface area contributed by atoms with E-state index in [2.05, 4.69) is 5.32 Å². The van der Waals surface area contributed by atoms with Crippen LogP contribution in [0.1, 0.15) is 29.0 Å². The van der Waals surface area contributed by atoms with Crippen LogP contribution < -0.4 is 29.7 Å². The largest absolute Gasteiger partial charge is 0.493 e. The van der Waals surface area contributed by atoms with Crippen molar-refractivity contribution in [2.45, 2.75) is 19.6 Å². The van der Waals surface area contributed by atoms with Crippen molar-refractivity contribution >= 4 is 51.9 Å². The average Bonchev–Trinajstić information content (AvgIpc) is 3.65. The Morgan fingerprint density at radius 3 is 2.56 bits per heavy atom. The lowest BCUT2D eigenvalue weighted by Crippen LogP contribution is -2.40. The highest BCUT2D eigenvalue weighted by atomic mass is 35.5. The van der Waals surface area contributed by atoms with Gasteiger partial charge in [0.15, 0.2) is 16.3 Å². The molecule has 0 bridgehead atoms. The number of carbonyl (C=O) groups excluding carboxylic acids is 1. The van der Waals surface area contributed by atoms with Crippen LogP contribution in [0.4, 0.5) is 5.69 Å². The Balaban J connectivity index is 1.34. The maximum absolute atomic E-state index is 13.9. The topological polar surface area (TPSA) is 81.9 Å². The zero-order chi connectivity index (χ0) is 29.9. The Hall–Kier alpha value is -4.44. The van der Waals surface area contributed by atoms with Gasteiger partial charge in [-0.15, -0.1) is 11.3 Å². The molecule has 6 rings (SSSR count). The van der Waals surface area contributed by atoms with Crippen LogP contribution in [0.15, 0.2) is 111 Å². The average molecular weight is 628 g/mol. The van der Waals surface area contributed by atoms with Crippen molar-refractivity contribution in [1.82, 2.24) is 4.57 Å². The number of allylic oxidation sites excluding steroid dienone is 1. The van der Waals surface area contributed by atoms with Gasteiger partial charge < -0.3 is 14.8 Å². The number of aromatic nitrogens is 1. The molecule has 0 saturated heterocycles. The molecule has 1 atom stereocenters. The number of amides is 1. The Bertz CT molecular complexity index is 2000. The molecule has 0 spiro atoms. The van der Waals surface area contributed by atoms with E-state index in [0.717, 1.165) is 16.0 Å². The highest BCUT2D eigenvalue weighted by Crippen LogP contribution is 2.33. The number of thiophene rings is 1. The van der Waals surface area contributed by atoms with E-state index in [1.807, 2.05) is 103 Å². The van der Waals surface area contributed by atoms with Gasteiger partial charge >= 0.3 is 0 Å². The Morgan fingerprint density at radius 1 is 1.05 bits per heavy atom. The molecular formula is C33H26ClN3O4S2. The summed E-state index contributed by atoms with van der Waals surface area (Å²) in [6.07, 6.45) is 1.81. The number of hydrogen-bond donors (Lipinski definition) is 1. The molecule has 3 heterocycles. The van der Waals surface area contributed by atoms with E-state index in [9.17, 15) is 9.59 Å². The van der Waals surface area contributed by atoms with Gasteiger partial charge in [-0.05, 0) is 72.0 Å². The quantitative estimate of drug-likeness (QED) is 0.223. The number of para-hydroxylation sites is 1. The second kappa shape index (κ2) is 12.4. The van der Waals surface area contributed by atoms with E-state index in [0.29, 0.717) is 49.4 Å². The molecule has 1 aliphatic heterocycles. The van der Waals surface area contributed by atoms with E-state index in [1.54, 1.807) is 11.7 Å².